The number of ether oxygens (including phenoxy) is 2. The first-order chi connectivity index (χ1) is 16.0. The third-order valence-corrected chi connectivity index (χ3v) is 6.06. The van der Waals surface area contributed by atoms with Gasteiger partial charge in [-0.25, -0.2) is 9.79 Å². The molecule has 1 N–H and O–H groups in total. The molecule has 0 atom stereocenters. The Morgan fingerprint density at radius 3 is 2.55 bits per heavy atom. The van der Waals surface area contributed by atoms with E-state index in [4.69, 9.17) is 14.6 Å². The minimum absolute atomic E-state index is 0.136. The van der Waals surface area contributed by atoms with Crippen molar-refractivity contribution < 1.29 is 24.2 Å². The lowest BCUT2D eigenvalue weighted by atomic mass is 10.1. The molecule has 0 bridgehead atoms. The van der Waals surface area contributed by atoms with E-state index in [-0.39, 0.29) is 11.5 Å². The molecule has 1 heterocycles. The predicted molar refractivity (Wildman–Crippen MR) is 131 cm³/mol. The van der Waals surface area contributed by atoms with Gasteiger partial charge in [0.25, 0.3) is 5.91 Å². The third kappa shape index (κ3) is 5.96. The van der Waals surface area contributed by atoms with Crippen LogP contribution in [0.25, 0.3) is 6.08 Å². The van der Waals surface area contributed by atoms with E-state index >= 15 is 0 Å². The van der Waals surface area contributed by atoms with Crippen LogP contribution in [-0.2, 0) is 4.79 Å². The number of carboxylic acid groups (broad SMARTS) is 1. The van der Waals surface area contributed by atoms with Crippen LogP contribution in [-0.4, -0.2) is 47.3 Å². The van der Waals surface area contributed by atoms with Crippen LogP contribution in [0.3, 0.4) is 0 Å². The Hall–Kier alpha value is -3.26. The first-order valence-corrected chi connectivity index (χ1v) is 11.7. The van der Waals surface area contributed by atoms with Crippen LogP contribution in [0.4, 0.5) is 5.69 Å². The summed E-state index contributed by atoms with van der Waals surface area (Å²) in [7, 11) is 1.60. The molecule has 0 radical (unpaired) electrons. The van der Waals surface area contributed by atoms with Crippen LogP contribution in [0.15, 0.2) is 52.4 Å². The van der Waals surface area contributed by atoms with Crippen LogP contribution in [0.1, 0.15) is 49.0 Å². The van der Waals surface area contributed by atoms with Gasteiger partial charge in [-0.05, 0) is 61.5 Å². The fraction of sp³-hybridized carbons (Fsp3) is 0.320. The number of methoxy groups -OCH3 is 1. The second-order valence-corrected chi connectivity index (χ2v) is 8.35. The van der Waals surface area contributed by atoms with Gasteiger partial charge in [0.15, 0.2) is 16.7 Å². The fourth-order valence-electron chi connectivity index (χ4n) is 3.29. The number of carbonyl (C=O) groups excluding carboxylic acids is 1. The lowest BCUT2D eigenvalue weighted by Crippen LogP contribution is -2.28. The molecule has 1 aliphatic heterocycles. The van der Waals surface area contributed by atoms with Gasteiger partial charge < -0.3 is 14.6 Å². The van der Waals surface area contributed by atoms with Crippen molar-refractivity contribution in [2.45, 2.75) is 33.1 Å². The second kappa shape index (κ2) is 11.6. The number of unbranched alkanes of at least 4 members (excludes halogenated alkanes) is 2. The molecule has 1 amide bonds. The molecule has 0 aromatic heterocycles. The van der Waals surface area contributed by atoms with Gasteiger partial charge in [-0.15, -0.1) is 0 Å². The highest BCUT2D eigenvalue weighted by molar-refractivity contribution is 8.18. The minimum atomic E-state index is -0.994. The monoisotopic (exact) mass is 468 g/mol. The van der Waals surface area contributed by atoms with Gasteiger partial charge in [0, 0.05) is 12.1 Å². The number of carboxylic acids is 1. The zero-order valence-corrected chi connectivity index (χ0v) is 19.9. The summed E-state index contributed by atoms with van der Waals surface area (Å²) in [6.45, 7) is 5.07. The number of hydrogen-bond donors (Lipinski definition) is 1. The summed E-state index contributed by atoms with van der Waals surface area (Å²) < 4.78 is 11.5. The Balaban J connectivity index is 1.90. The number of nitrogens with zero attached hydrogens (tertiary/aromatic N) is 2. The summed E-state index contributed by atoms with van der Waals surface area (Å²) in [4.78, 5) is 30.8. The van der Waals surface area contributed by atoms with Crippen molar-refractivity contribution in [2.75, 3.05) is 20.3 Å². The quantitative estimate of drug-likeness (QED) is 0.361. The van der Waals surface area contributed by atoms with Crippen molar-refractivity contribution in [3.05, 3.63) is 58.5 Å². The first-order valence-electron chi connectivity index (χ1n) is 10.9. The molecule has 7 nitrogen and oxygen atoms in total. The average molecular weight is 469 g/mol. The van der Waals surface area contributed by atoms with Crippen LogP contribution >= 0.6 is 11.8 Å². The van der Waals surface area contributed by atoms with E-state index in [9.17, 15) is 9.59 Å². The lowest BCUT2D eigenvalue weighted by Gasteiger charge is -2.14. The van der Waals surface area contributed by atoms with Crippen LogP contribution in [0.5, 0.6) is 11.5 Å². The number of carbonyl (C=O) groups is 2. The third-order valence-electron chi connectivity index (χ3n) is 5.05. The van der Waals surface area contributed by atoms with Crippen molar-refractivity contribution in [1.82, 2.24) is 4.90 Å². The number of hydrogen-bond acceptors (Lipinski definition) is 6. The zero-order chi connectivity index (χ0) is 23.8. The molecule has 0 unspecified atom stereocenters. The number of benzene rings is 2. The number of aromatic carboxylic acids is 1. The molecule has 1 saturated heterocycles. The summed E-state index contributed by atoms with van der Waals surface area (Å²) in [5.41, 5.74) is 1.53. The van der Waals surface area contributed by atoms with Crippen molar-refractivity contribution in [3.63, 3.8) is 0 Å². The predicted octanol–water partition coefficient (Wildman–Crippen LogP) is 5.59. The largest absolute Gasteiger partial charge is 0.493 e. The van der Waals surface area contributed by atoms with Crippen LogP contribution < -0.4 is 9.47 Å². The van der Waals surface area contributed by atoms with E-state index in [1.807, 2.05) is 31.2 Å². The molecule has 1 fully saturated rings. The van der Waals surface area contributed by atoms with Gasteiger partial charge in [-0.2, -0.15) is 0 Å². The van der Waals surface area contributed by atoms with Gasteiger partial charge in [0.1, 0.15) is 0 Å². The van der Waals surface area contributed by atoms with Gasteiger partial charge in [0.05, 0.1) is 29.9 Å². The second-order valence-electron chi connectivity index (χ2n) is 7.34. The van der Waals surface area contributed by atoms with Crippen molar-refractivity contribution in [1.29, 1.82) is 0 Å². The summed E-state index contributed by atoms with van der Waals surface area (Å²) in [6.07, 6.45) is 4.94. The Labute approximate surface area is 198 Å². The van der Waals surface area contributed by atoms with E-state index in [0.717, 1.165) is 24.8 Å². The maximum Gasteiger partial charge on any atom is 0.335 e. The molecule has 3 rings (SSSR count). The molecule has 1 aliphatic rings. The summed E-state index contributed by atoms with van der Waals surface area (Å²) in [6, 6.07) is 11.8. The highest BCUT2D eigenvalue weighted by Crippen LogP contribution is 2.38. The first kappa shape index (κ1) is 24.4. The van der Waals surface area contributed by atoms with E-state index < -0.39 is 5.97 Å². The number of likely N-dealkylation sites (N-methyl/N-ethyl adjacent to an activating group) is 1. The van der Waals surface area contributed by atoms with E-state index in [0.29, 0.717) is 40.4 Å². The molecular weight excluding hydrogens is 440 g/mol. The standard InChI is InChI=1S/C25H28N2O5S/c1-4-6-7-15-32-22-18(9-8-10-20(22)31-3)16-21-23(28)27(5-2)25(33-21)26-19-13-11-17(12-14-19)24(29)30/h8-14,16H,4-7,15H2,1-3H3,(H,29,30)/b21-16+,26-25?. The van der Waals surface area contributed by atoms with Crippen molar-refractivity contribution in [2.24, 2.45) is 4.99 Å². The number of para-hydroxylation sites is 1. The smallest absolute Gasteiger partial charge is 0.335 e. The van der Waals surface area contributed by atoms with Gasteiger partial charge >= 0.3 is 5.97 Å². The highest BCUT2D eigenvalue weighted by Gasteiger charge is 2.32. The van der Waals surface area contributed by atoms with E-state index in [1.54, 1.807) is 24.1 Å². The molecular formula is C25H28N2O5S. The average Bonchev–Trinajstić information content (AvgIpc) is 3.11. The topological polar surface area (TPSA) is 88.4 Å². The van der Waals surface area contributed by atoms with Crippen LogP contribution in [0, 0.1) is 0 Å². The number of amides is 1. The molecule has 2 aromatic rings. The molecule has 0 saturated carbocycles. The van der Waals surface area contributed by atoms with Crippen molar-refractivity contribution in [3.8, 4) is 11.5 Å². The molecule has 2 aromatic carbocycles. The Kier molecular flexibility index (Phi) is 8.54. The van der Waals surface area contributed by atoms with E-state index in [2.05, 4.69) is 11.9 Å². The van der Waals surface area contributed by atoms with Gasteiger partial charge in [-0.3, -0.25) is 9.69 Å². The summed E-state index contributed by atoms with van der Waals surface area (Å²) in [5, 5.41) is 9.62. The fourth-order valence-corrected chi connectivity index (χ4v) is 4.34. The zero-order valence-electron chi connectivity index (χ0n) is 19.0. The highest BCUT2D eigenvalue weighted by atomic mass is 32.2. The maximum atomic E-state index is 13.1. The molecule has 8 heteroatoms. The number of thioether (sulfide) groups is 1. The number of aliphatic imine (C=N–C) groups is 1. The summed E-state index contributed by atoms with van der Waals surface area (Å²) in [5.74, 6) is 0.111. The lowest BCUT2D eigenvalue weighted by molar-refractivity contribution is -0.122. The minimum Gasteiger partial charge on any atom is -0.493 e. The number of amidine groups is 1. The maximum absolute atomic E-state index is 13.1. The Morgan fingerprint density at radius 2 is 1.91 bits per heavy atom. The molecule has 174 valence electrons. The Bertz CT molecular complexity index is 1060. The normalized spacial score (nSPS) is 16.0. The summed E-state index contributed by atoms with van der Waals surface area (Å²) >= 11 is 1.28. The SMILES string of the molecule is CCCCCOc1c(/C=C2/SC(=Nc3ccc(C(=O)O)cc3)N(CC)C2=O)cccc1OC. The molecule has 0 aliphatic carbocycles. The molecule has 33 heavy (non-hydrogen) atoms. The Morgan fingerprint density at radius 1 is 1.15 bits per heavy atom. The van der Waals surface area contributed by atoms with Gasteiger partial charge in [-0.1, -0.05) is 31.9 Å². The molecule has 0 spiro atoms. The van der Waals surface area contributed by atoms with Crippen LogP contribution in [0.2, 0.25) is 0 Å². The number of rotatable bonds is 10. The van der Waals surface area contributed by atoms with Gasteiger partial charge in [0.2, 0.25) is 0 Å². The van der Waals surface area contributed by atoms with Crippen molar-refractivity contribution >= 4 is 40.6 Å². The van der Waals surface area contributed by atoms with E-state index in [1.165, 1.54) is 23.9 Å².